The van der Waals surface area contributed by atoms with Gasteiger partial charge in [-0.25, -0.2) is 9.59 Å². The Morgan fingerprint density at radius 1 is 1.08 bits per heavy atom. The SMILES string of the molecule is CCc1cnccc1C[C@H](O)C(Cl)(Cl)Cl.O=C(O)C(O)C(O)C(=O)O. The highest BCUT2D eigenvalue weighted by Crippen LogP contribution is 2.32. The van der Waals surface area contributed by atoms with Crippen LogP contribution in [-0.4, -0.2) is 64.6 Å². The molecular formula is C14H18Cl3NO7. The number of pyridine rings is 1. The summed E-state index contributed by atoms with van der Waals surface area (Å²) >= 11 is 16.8. The van der Waals surface area contributed by atoms with Gasteiger partial charge in [-0.3, -0.25) is 4.98 Å². The van der Waals surface area contributed by atoms with Gasteiger partial charge < -0.3 is 25.5 Å². The van der Waals surface area contributed by atoms with Crippen molar-refractivity contribution in [1.29, 1.82) is 0 Å². The van der Waals surface area contributed by atoms with Crippen LogP contribution in [-0.2, 0) is 22.4 Å². The number of aryl methyl sites for hydroxylation is 1. The fraction of sp³-hybridized carbons (Fsp3) is 0.500. The molecule has 0 saturated heterocycles. The molecule has 1 aromatic rings. The zero-order chi connectivity index (χ0) is 19.8. The van der Waals surface area contributed by atoms with Crippen LogP contribution < -0.4 is 0 Å². The molecule has 25 heavy (non-hydrogen) atoms. The number of hydrogen-bond acceptors (Lipinski definition) is 6. The van der Waals surface area contributed by atoms with Crippen molar-refractivity contribution in [2.24, 2.45) is 0 Å². The summed E-state index contributed by atoms with van der Waals surface area (Å²) in [6.07, 6.45) is -0.942. The van der Waals surface area contributed by atoms with E-state index in [0.29, 0.717) is 6.42 Å². The predicted molar refractivity (Wildman–Crippen MR) is 90.9 cm³/mol. The Morgan fingerprint density at radius 2 is 1.56 bits per heavy atom. The number of carboxylic acids is 2. The van der Waals surface area contributed by atoms with Crippen LogP contribution >= 0.6 is 34.8 Å². The van der Waals surface area contributed by atoms with Crippen molar-refractivity contribution in [1.82, 2.24) is 4.98 Å². The molecule has 0 radical (unpaired) electrons. The van der Waals surface area contributed by atoms with Crippen molar-refractivity contribution in [2.75, 3.05) is 0 Å². The van der Waals surface area contributed by atoms with Crippen molar-refractivity contribution < 1.29 is 35.1 Å². The van der Waals surface area contributed by atoms with E-state index in [4.69, 9.17) is 55.2 Å². The van der Waals surface area contributed by atoms with Crippen LogP contribution in [0, 0.1) is 0 Å². The highest BCUT2D eigenvalue weighted by Gasteiger charge is 2.31. The monoisotopic (exact) mass is 417 g/mol. The van der Waals surface area contributed by atoms with Gasteiger partial charge in [0.25, 0.3) is 0 Å². The highest BCUT2D eigenvalue weighted by atomic mass is 35.6. The fourth-order valence-electron chi connectivity index (χ4n) is 1.57. The van der Waals surface area contributed by atoms with Crippen molar-refractivity contribution in [3.05, 3.63) is 29.6 Å². The summed E-state index contributed by atoms with van der Waals surface area (Å²) in [6.45, 7) is 2.02. The van der Waals surface area contributed by atoms with Crippen LogP contribution in [0.2, 0.25) is 0 Å². The molecule has 1 rings (SSSR count). The number of aliphatic hydroxyl groups excluding tert-OH is 3. The maximum absolute atomic E-state index is 9.77. The van der Waals surface area contributed by atoms with Crippen molar-refractivity contribution in [3.8, 4) is 0 Å². The Balaban J connectivity index is 0.000000504. The molecule has 11 heteroatoms. The van der Waals surface area contributed by atoms with Gasteiger partial charge in [-0.05, 0) is 23.6 Å². The average Bonchev–Trinajstić information content (AvgIpc) is 2.53. The lowest BCUT2D eigenvalue weighted by Crippen LogP contribution is -2.39. The molecule has 0 fully saturated rings. The lowest BCUT2D eigenvalue weighted by Gasteiger charge is -2.19. The Labute approximate surface area is 158 Å². The quantitative estimate of drug-likeness (QED) is 0.426. The average molecular weight is 419 g/mol. The van der Waals surface area contributed by atoms with Gasteiger partial charge in [0.1, 0.15) is 6.10 Å². The predicted octanol–water partition coefficient (Wildman–Crippen LogP) is 0.795. The number of alkyl halides is 3. The van der Waals surface area contributed by atoms with E-state index in [1.54, 1.807) is 12.4 Å². The molecule has 142 valence electrons. The molecule has 0 aliphatic carbocycles. The number of rotatable bonds is 6. The molecule has 0 spiro atoms. The van der Waals surface area contributed by atoms with E-state index in [2.05, 4.69) is 4.98 Å². The first-order valence-electron chi connectivity index (χ1n) is 6.90. The molecule has 0 amide bonds. The van der Waals surface area contributed by atoms with Gasteiger partial charge in [0, 0.05) is 18.8 Å². The molecule has 0 aromatic carbocycles. The van der Waals surface area contributed by atoms with Crippen molar-refractivity contribution in [2.45, 2.75) is 41.9 Å². The van der Waals surface area contributed by atoms with E-state index < -0.39 is 34.0 Å². The Kier molecular flexibility index (Phi) is 10.2. The maximum atomic E-state index is 9.77. The number of carboxylic acid groups (broad SMARTS) is 2. The van der Waals surface area contributed by atoms with Crippen molar-refractivity contribution >= 4 is 46.7 Å². The normalized spacial score (nSPS) is 14.7. The number of carbonyl (C=O) groups is 2. The third-order valence-electron chi connectivity index (χ3n) is 2.98. The van der Waals surface area contributed by atoms with E-state index in [-0.39, 0.29) is 0 Å². The van der Waals surface area contributed by atoms with Crippen LogP contribution in [0.1, 0.15) is 18.1 Å². The molecular weight excluding hydrogens is 401 g/mol. The van der Waals surface area contributed by atoms with Gasteiger partial charge in [-0.15, -0.1) is 0 Å². The molecule has 3 atom stereocenters. The smallest absolute Gasteiger partial charge is 0.335 e. The topological polar surface area (TPSA) is 148 Å². The fourth-order valence-corrected chi connectivity index (χ4v) is 1.80. The summed E-state index contributed by atoms with van der Waals surface area (Å²) in [5.74, 6) is -3.54. The summed E-state index contributed by atoms with van der Waals surface area (Å²) in [6, 6.07) is 1.83. The third-order valence-corrected chi connectivity index (χ3v) is 3.74. The van der Waals surface area contributed by atoms with Gasteiger partial charge in [-0.2, -0.15) is 0 Å². The first-order valence-corrected chi connectivity index (χ1v) is 8.03. The van der Waals surface area contributed by atoms with Crippen LogP contribution in [0.25, 0.3) is 0 Å². The summed E-state index contributed by atoms with van der Waals surface area (Å²) in [5, 5.41) is 42.2. The summed E-state index contributed by atoms with van der Waals surface area (Å²) < 4.78 is -1.64. The third kappa shape index (κ3) is 8.66. The first-order chi connectivity index (χ1) is 11.4. The Bertz CT molecular complexity index is 562. The van der Waals surface area contributed by atoms with Crippen LogP contribution in [0.3, 0.4) is 0 Å². The molecule has 2 unspecified atom stereocenters. The van der Waals surface area contributed by atoms with Gasteiger partial charge >= 0.3 is 11.9 Å². The minimum atomic E-state index is -2.27. The van der Waals surface area contributed by atoms with E-state index >= 15 is 0 Å². The summed E-state index contributed by atoms with van der Waals surface area (Å²) in [7, 11) is 0. The second kappa shape index (κ2) is 10.7. The minimum Gasteiger partial charge on any atom is -0.479 e. The minimum absolute atomic E-state index is 0.322. The first kappa shape index (κ1) is 23.8. The summed E-state index contributed by atoms with van der Waals surface area (Å²) in [5.41, 5.74) is 2.03. The van der Waals surface area contributed by atoms with Crippen LogP contribution in [0.4, 0.5) is 0 Å². The highest BCUT2D eigenvalue weighted by molar-refractivity contribution is 6.68. The van der Waals surface area contributed by atoms with Gasteiger partial charge in [-0.1, -0.05) is 41.7 Å². The van der Waals surface area contributed by atoms with Crippen molar-refractivity contribution in [3.63, 3.8) is 0 Å². The molecule has 1 aromatic heterocycles. The lowest BCUT2D eigenvalue weighted by atomic mass is 10.0. The van der Waals surface area contributed by atoms with E-state index in [0.717, 1.165) is 17.5 Å². The van der Waals surface area contributed by atoms with E-state index in [9.17, 15) is 14.7 Å². The molecule has 0 bridgehead atoms. The number of hydrogen-bond donors (Lipinski definition) is 5. The van der Waals surface area contributed by atoms with Gasteiger partial charge in [0.05, 0.1) is 0 Å². The molecule has 0 saturated carbocycles. The van der Waals surface area contributed by atoms with E-state index in [1.807, 2.05) is 13.0 Å². The molecule has 1 heterocycles. The number of nitrogens with zero attached hydrogens (tertiary/aromatic N) is 1. The standard InChI is InChI=1S/C10H12Cl3NO.C4H6O6/c1-2-7-6-14-4-3-8(7)5-9(15)10(11,12)13;5-1(3(7)8)2(6)4(9)10/h3-4,6,9,15H,2,5H2,1H3;1-2,5-6H,(H,7,8)(H,9,10)/t9-;/m0./s1. The Morgan fingerprint density at radius 3 is 1.92 bits per heavy atom. The lowest BCUT2D eigenvalue weighted by molar-refractivity contribution is -0.165. The second-order valence-corrected chi connectivity index (χ2v) is 7.19. The zero-order valence-corrected chi connectivity index (χ0v) is 15.3. The molecule has 0 aliphatic rings. The maximum Gasteiger partial charge on any atom is 0.335 e. The number of aromatic nitrogens is 1. The Hall–Kier alpha value is -1.16. The molecule has 5 N–H and O–H groups in total. The van der Waals surface area contributed by atoms with Crippen LogP contribution in [0.15, 0.2) is 18.5 Å². The van der Waals surface area contributed by atoms with Gasteiger partial charge in [0.15, 0.2) is 12.2 Å². The number of aliphatic carboxylic acids is 2. The largest absolute Gasteiger partial charge is 0.479 e. The summed E-state index contributed by atoms with van der Waals surface area (Å²) in [4.78, 5) is 23.5. The van der Waals surface area contributed by atoms with Crippen LogP contribution in [0.5, 0.6) is 0 Å². The second-order valence-electron chi connectivity index (χ2n) is 4.83. The molecule has 0 aliphatic heterocycles. The molecule has 8 nitrogen and oxygen atoms in total. The van der Waals surface area contributed by atoms with E-state index in [1.165, 1.54) is 0 Å². The number of halogens is 3. The number of aliphatic hydroxyl groups is 3. The zero-order valence-electron chi connectivity index (χ0n) is 13.0. The van der Waals surface area contributed by atoms with Gasteiger partial charge in [0.2, 0.25) is 3.79 Å².